The van der Waals surface area contributed by atoms with Gasteiger partial charge in [0, 0.05) is 0 Å². The van der Waals surface area contributed by atoms with Crippen LogP contribution in [0, 0.1) is 73.8 Å². The molecule has 30 heavy (non-hydrogen) atoms. The van der Waals surface area contributed by atoms with Gasteiger partial charge in [-0.2, -0.15) is 0 Å². The van der Waals surface area contributed by atoms with Crippen molar-refractivity contribution in [3.05, 3.63) is 97.7 Å². The van der Waals surface area contributed by atoms with Crippen molar-refractivity contribution in [3.63, 3.8) is 0 Å². The Labute approximate surface area is 197 Å². The van der Waals surface area contributed by atoms with Crippen molar-refractivity contribution >= 4 is 26.6 Å². The van der Waals surface area contributed by atoms with Crippen molar-refractivity contribution in [2.45, 2.75) is 25.2 Å². The van der Waals surface area contributed by atoms with Gasteiger partial charge in [-0.05, 0) is 32.1 Å². The van der Waals surface area contributed by atoms with E-state index < -0.39 is 0 Å². The van der Waals surface area contributed by atoms with Gasteiger partial charge in [0.25, 0.3) is 0 Å². The van der Waals surface area contributed by atoms with Crippen LogP contribution in [-0.2, 0) is 21.8 Å². The summed E-state index contributed by atoms with van der Waals surface area (Å²) in [5.41, 5.74) is 0.556. The summed E-state index contributed by atoms with van der Waals surface area (Å²) >= 11 is -0.00784. The van der Waals surface area contributed by atoms with Crippen molar-refractivity contribution in [3.8, 4) is 0 Å². The number of ketones is 1. The van der Waals surface area contributed by atoms with Gasteiger partial charge >= 0.3 is 166 Å². The molecule has 0 bridgehead atoms. The van der Waals surface area contributed by atoms with Gasteiger partial charge in [0.2, 0.25) is 0 Å². The molecule has 156 valence electrons. The Bertz CT molecular complexity index is 683. The maximum Gasteiger partial charge on any atom is 2.00 e. The third-order valence-corrected chi connectivity index (χ3v) is 6.78. The Hall–Kier alpha value is -0.671. The Balaban J connectivity index is 0.000000468. The zero-order valence-electron chi connectivity index (χ0n) is 16.9. The van der Waals surface area contributed by atoms with E-state index in [4.69, 9.17) is 4.74 Å². The van der Waals surface area contributed by atoms with Gasteiger partial charge < -0.3 is 0 Å². The average Bonchev–Trinajstić information content (AvgIpc) is 3.49. The second-order valence-corrected chi connectivity index (χ2v) is 9.18. The predicted octanol–water partition coefficient (Wildman–Crippen LogP) is 4.34. The normalized spacial score (nSPS) is 21.6. The first-order valence-corrected chi connectivity index (χ1v) is 11.7. The molecule has 2 saturated carbocycles. The minimum atomic E-state index is -0.327. The van der Waals surface area contributed by atoms with Gasteiger partial charge in [-0.3, -0.25) is 0 Å². The molecule has 10 radical (unpaired) electrons. The maximum atomic E-state index is 12.9. The van der Waals surface area contributed by atoms with Gasteiger partial charge in [0.1, 0.15) is 0 Å². The van der Waals surface area contributed by atoms with Crippen molar-refractivity contribution in [1.82, 2.24) is 0 Å². The molecule has 1 atom stereocenters. The van der Waals surface area contributed by atoms with Crippen LogP contribution in [0.5, 0.6) is 0 Å². The number of aliphatic imine (C=N–C) groups is 1. The molecule has 2 aliphatic carbocycles. The van der Waals surface area contributed by atoms with Crippen LogP contribution < -0.4 is 0 Å². The molecule has 0 N–H and O–H groups in total. The second-order valence-electron chi connectivity index (χ2n) is 7.04. The number of Topliss-reactive ketones (excluding diaryl/α,β-unsaturated/α-hetero) is 1. The van der Waals surface area contributed by atoms with E-state index in [-0.39, 0.29) is 49.7 Å². The van der Waals surface area contributed by atoms with E-state index in [1.165, 1.54) is 24.3 Å². The molecule has 0 amide bonds. The molecule has 1 heterocycles. The van der Waals surface area contributed by atoms with Crippen LogP contribution in [0.3, 0.4) is 0 Å². The zero-order chi connectivity index (χ0) is 20.6. The molecule has 3 nitrogen and oxygen atoms in total. The first-order chi connectivity index (χ1) is 14.0. The van der Waals surface area contributed by atoms with Crippen molar-refractivity contribution in [1.29, 1.82) is 0 Å². The third-order valence-electron chi connectivity index (χ3n) is 4.53. The molecular formula is C24H24FFeNO2Se+2. The number of carbonyl (C=O) groups excluding carboxylic acids is 1. The van der Waals surface area contributed by atoms with E-state index in [2.05, 4.69) is 18.8 Å². The molecular weight excluding hydrogens is 488 g/mol. The first kappa shape index (κ1) is 25.6. The molecule has 4 rings (SSSR count). The number of nitrogens with zero attached hydrogens (tertiary/aromatic N) is 1. The predicted molar refractivity (Wildman–Crippen MR) is 114 cm³/mol. The van der Waals surface area contributed by atoms with E-state index in [1.807, 2.05) is 51.4 Å². The molecule has 3 aliphatic rings. The monoisotopic (exact) mass is 513 g/mol. The Morgan fingerprint density at radius 3 is 2.30 bits per heavy atom. The van der Waals surface area contributed by atoms with Crippen molar-refractivity contribution in [2.75, 3.05) is 6.61 Å². The van der Waals surface area contributed by atoms with Crippen LogP contribution in [0.15, 0.2) is 29.3 Å². The fourth-order valence-electron chi connectivity index (χ4n) is 2.77. The van der Waals surface area contributed by atoms with Gasteiger partial charge in [-0.25, -0.2) is 0 Å². The minimum Gasteiger partial charge on any atom is -0.0312 e. The number of halogens is 1. The average molecular weight is 512 g/mol. The van der Waals surface area contributed by atoms with Gasteiger partial charge in [0.05, 0.1) is 0 Å². The van der Waals surface area contributed by atoms with E-state index in [1.54, 1.807) is 0 Å². The molecule has 0 unspecified atom stereocenters. The number of hydrogen-bond donors (Lipinski definition) is 0. The summed E-state index contributed by atoms with van der Waals surface area (Å²) in [7, 11) is 0. The standard InChI is InChI=1S/C19H19FNO2Se.C5H5.Fe/c1-12(2)16-10-23-19(21-16)15-4-3-5-18(15)24-11-17(22)13-6-8-14(20)9-7-13;1-2-4-5-3-1;/h3-9,12,16H,10-11H2,1-2H3;1-5H;/q;;+2/t16-;;/m1../s1. The van der Waals surface area contributed by atoms with Crippen LogP contribution in [0.25, 0.3) is 0 Å². The summed E-state index contributed by atoms with van der Waals surface area (Å²) in [6.07, 6.45) is 16.0. The molecule has 2 fully saturated rings. The first-order valence-electron chi connectivity index (χ1n) is 9.59. The van der Waals surface area contributed by atoms with Gasteiger partial charge in [-0.1, -0.05) is 0 Å². The summed E-state index contributed by atoms with van der Waals surface area (Å²) in [5, 5.41) is 0.441. The quantitative estimate of drug-likeness (QED) is 0.421. The molecule has 6 heteroatoms. The van der Waals surface area contributed by atoms with Gasteiger partial charge in [0.15, 0.2) is 0 Å². The summed E-state index contributed by atoms with van der Waals surface area (Å²) in [5.74, 6) is 1.87. The minimum absolute atomic E-state index is 0. The summed E-state index contributed by atoms with van der Waals surface area (Å²) in [6, 6.07) is 5.92. The number of ether oxygens (including phenoxy) is 1. The number of hydrogen-bond acceptors (Lipinski definition) is 3. The molecule has 1 aliphatic heterocycles. The van der Waals surface area contributed by atoms with Crippen LogP contribution in [-0.4, -0.2) is 39.3 Å². The number of carbonyl (C=O) groups is 1. The summed E-state index contributed by atoms with van der Waals surface area (Å²) in [6.45, 7) is 4.90. The Kier molecular flexibility index (Phi) is 11.1. The van der Waals surface area contributed by atoms with E-state index >= 15 is 0 Å². The molecule has 0 saturated heterocycles. The summed E-state index contributed by atoms with van der Waals surface area (Å²) < 4.78 is 18.7. The Morgan fingerprint density at radius 2 is 1.73 bits per heavy atom. The van der Waals surface area contributed by atoms with E-state index in [9.17, 15) is 9.18 Å². The van der Waals surface area contributed by atoms with Crippen LogP contribution in [0.2, 0.25) is 5.32 Å². The number of benzene rings is 1. The SMILES string of the molecule is CC(C)[C@H]1COC([C]2[CH][CH][CH][C]2[Se]CC(=O)c2ccc(F)cc2)=N1.[CH]1[CH][CH][CH][CH]1.[Fe+2]. The van der Waals surface area contributed by atoms with Crippen molar-refractivity contribution < 1.29 is 31.0 Å². The summed E-state index contributed by atoms with van der Waals surface area (Å²) in [4.78, 5) is 18.0. The largest absolute Gasteiger partial charge is 2.00 e. The number of rotatable bonds is 6. The van der Waals surface area contributed by atoms with Crippen LogP contribution in [0.1, 0.15) is 24.2 Å². The zero-order valence-corrected chi connectivity index (χ0v) is 19.7. The Morgan fingerprint density at radius 1 is 1.10 bits per heavy atom. The second kappa shape index (κ2) is 13.0. The molecule has 1 aromatic carbocycles. The van der Waals surface area contributed by atoms with E-state index in [0.717, 1.165) is 10.7 Å². The topological polar surface area (TPSA) is 38.7 Å². The van der Waals surface area contributed by atoms with Crippen LogP contribution in [0.4, 0.5) is 4.39 Å². The van der Waals surface area contributed by atoms with E-state index in [0.29, 0.717) is 29.3 Å². The molecule has 0 aromatic heterocycles. The fourth-order valence-corrected chi connectivity index (χ4v) is 4.74. The van der Waals surface area contributed by atoms with Gasteiger partial charge in [-0.15, -0.1) is 0 Å². The van der Waals surface area contributed by atoms with Crippen LogP contribution >= 0.6 is 0 Å². The van der Waals surface area contributed by atoms with Crippen molar-refractivity contribution in [2.24, 2.45) is 10.9 Å². The third kappa shape index (κ3) is 7.48. The molecule has 1 aromatic rings. The molecule has 0 spiro atoms. The fraction of sp³-hybridized carbons (Fsp3) is 0.250. The maximum absolute atomic E-state index is 12.9. The smallest absolute Gasteiger partial charge is 0.0312 e.